The molecular formula is C13H18N2O3S. The quantitative estimate of drug-likeness (QED) is 0.763. The summed E-state index contributed by atoms with van der Waals surface area (Å²) in [6, 6.07) is 8.71. The van der Waals surface area contributed by atoms with Gasteiger partial charge >= 0.3 is 0 Å². The number of nitrogens with zero attached hydrogens (tertiary/aromatic N) is 1. The molecule has 1 amide bonds. The zero-order chi connectivity index (χ0) is 14.3. The van der Waals surface area contributed by atoms with Crippen LogP contribution in [0.5, 0.6) is 0 Å². The van der Waals surface area contributed by atoms with E-state index in [0.29, 0.717) is 12.2 Å². The zero-order valence-electron chi connectivity index (χ0n) is 10.9. The molecule has 0 unspecified atom stereocenters. The van der Waals surface area contributed by atoms with Gasteiger partial charge in [0.05, 0.1) is 11.9 Å². The lowest BCUT2D eigenvalue weighted by Gasteiger charge is -2.22. The van der Waals surface area contributed by atoms with Crippen molar-refractivity contribution >= 4 is 21.6 Å². The van der Waals surface area contributed by atoms with E-state index in [1.54, 1.807) is 36.4 Å². The van der Waals surface area contributed by atoms with Crippen LogP contribution in [0.1, 0.15) is 6.42 Å². The van der Waals surface area contributed by atoms with Gasteiger partial charge < -0.3 is 5.32 Å². The van der Waals surface area contributed by atoms with Gasteiger partial charge in [-0.2, -0.15) is 0 Å². The van der Waals surface area contributed by atoms with E-state index < -0.39 is 10.0 Å². The number of sulfonamides is 1. The molecule has 1 aromatic rings. The Labute approximate surface area is 114 Å². The second kappa shape index (κ2) is 6.94. The van der Waals surface area contributed by atoms with Crippen LogP contribution in [-0.4, -0.2) is 33.7 Å². The second-order valence-electron chi connectivity index (χ2n) is 4.01. The Kier molecular flexibility index (Phi) is 5.57. The third-order valence-electron chi connectivity index (χ3n) is 2.43. The summed E-state index contributed by atoms with van der Waals surface area (Å²) in [5.41, 5.74) is 0.557. The van der Waals surface area contributed by atoms with Crippen molar-refractivity contribution in [3.05, 3.63) is 43.0 Å². The predicted octanol–water partition coefficient (Wildman–Crippen LogP) is 1.14. The molecule has 0 aliphatic heterocycles. The molecule has 0 saturated carbocycles. The number of amides is 1. The van der Waals surface area contributed by atoms with E-state index in [-0.39, 0.29) is 18.9 Å². The molecule has 0 heterocycles. The Morgan fingerprint density at radius 1 is 1.37 bits per heavy atom. The molecule has 0 aliphatic rings. The standard InChI is InChI=1S/C13H18N2O3S/c1-3-10-14-13(16)9-11-15(19(2,17)18)12-7-5-4-6-8-12/h3-8H,1,9-11H2,2H3,(H,14,16). The number of rotatable bonds is 7. The Morgan fingerprint density at radius 3 is 2.53 bits per heavy atom. The lowest BCUT2D eigenvalue weighted by molar-refractivity contribution is -0.120. The number of hydrogen-bond acceptors (Lipinski definition) is 3. The summed E-state index contributed by atoms with van der Waals surface area (Å²) >= 11 is 0. The summed E-state index contributed by atoms with van der Waals surface area (Å²) in [6.45, 7) is 3.99. The van der Waals surface area contributed by atoms with Crippen molar-refractivity contribution < 1.29 is 13.2 Å². The maximum atomic E-state index is 11.7. The van der Waals surface area contributed by atoms with Crippen LogP contribution in [-0.2, 0) is 14.8 Å². The van der Waals surface area contributed by atoms with Gasteiger partial charge in [-0.3, -0.25) is 9.10 Å². The van der Waals surface area contributed by atoms with E-state index in [9.17, 15) is 13.2 Å². The Balaban J connectivity index is 2.73. The molecule has 0 fully saturated rings. The molecule has 0 aromatic heterocycles. The van der Waals surface area contributed by atoms with Gasteiger partial charge in [0.25, 0.3) is 0 Å². The first-order valence-corrected chi connectivity index (χ1v) is 7.70. The van der Waals surface area contributed by atoms with Crippen LogP contribution >= 0.6 is 0 Å². The van der Waals surface area contributed by atoms with Crippen LogP contribution in [0.3, 0.4) is 0 Å². The molecule has 1 N–H and O–H groups in total. The van der Waals surface area contributed by atoms with E-state index in [1.165, 1.54) is 4.31 Å². The molecule has 0 saturated heterocycles. The van der Waals surface area contributed by atoms with Gasteiger partial charge in [0, 0.05) is 19.5 Å². The Bertz CT molecular complexity index is 526. The third-order valence-corrected chi connectivity index (χ3v) is 3.62. The van der Waals surface area contributed by atoms with Gasteiger partial charge in [-0.05, 0) is 12.1 Å². The van der Waals surface area contributed by atoms with Crippen molar-refractivity contribution in [2.45, 2.75) is 6.42 Å². The summed E-state index contributed by atoms with van der Waals surface area (Å²) in [5.74, 6) is -0.204. The van der Waals surface area contributed by atoms with E-state index in [1.807, 2.05) is 0 Å². The zero-order valence-corrected chi connectivity index (χ0v) is 11.7. The van der Waals surface area contributed by atoms with Crippen molar-refractivity contribution in [1.82, 2.24) is 5.32 Å². The first-order valence-electron chi connectivity index (χ1n) is 5.85. The average molecular weight is 282 g/mol. The van der Waals surface area contributed by atoms with Crippen molar-refractivity contribution in [3.8, 4) is 0 Å². The van der Waals surface area contributed by atoms with Crippen molar-refractivity contribution in [2.24, 2.45) is 0 Å². The van der Waals surface area contributed by atoms with Crippen molar-refractivity contribution in [1.29, 1.82) is 0 Å². The number of carbonyl (C=O) groups excluding carboxylic acids is 1. The molecule has 0 aliphatic carbocycles. The number of nitrogens with one attached hydrogen (secondary N) is 1. The highest BCUT2D eigenvalue weighted by atomic mass is 32.2. The summed E-state index contributed by atoms with van der Waals surface area (Å²) in [4.78, 5) is 11.5. The number of hydrogen-bond donors (Lipinski definition) is 1. The van der Waals surface area contributed by atoms with Crippen LogP contribution in [0, 0.1) is 0 Å². The molecule has 0 radical (unpaired) electrons. The average Bonchev–Trinajstić information content (AvgIpc) is 2.36. The minimum absolute atomic E-state index is 0.107. The highest BCUT2D eigenvalue weighted by Crippen LogP contribution is 2.16. The maximum absolute atomic E-state index is 11.7. The van der Waals surface area contributed by atoms with Crippen LogP contribution in [0.2, 0.25) is 0 Å². The van der Waals surface area contributed by atoms with Gasteiger partial charge in [0.2, 0.25) is 15.9 Å². The van der Waals surface area contributed by atoms with Crippen LogP contribution in [0.15, 0.2) is 43.0 Å². The minimum Gasteiger partial charge on any atom is -0.353 e. The number of para-hydroxylation sites is 1. The molecule has 6 heteroatoms. The molecule has 19 heavy (non-hydrogen) atoms. The molecule has 1 rings (SSSR count). The molecule has 0 spiro atoms. The van der Waals surface area contributed by atoms with E-state index >= 15 is 0 Å². The highest BCUT2D eigenvalue weighted by Gasteiger charge is 2.17. The largest absolute Gasteiger partial charge is 0.353 e. The van der Waals surface area contributed by atoms with Crippen molar-refractivity contribution in [3.63, 3.8) is 0 Å². The minimum atomic E-state index is -3.40. The Hall–Kier alpha value is -1.82. The monoisotopic (exact) mass is 282 g/mol. The van der Waals surface area contributed by atoms with Crippen molar-refractivity contribution in [2.75, 3.05) is 23.7 Å². The van der Waals surface area contributed by atoms with Gasteiger partial charge in [0.1, 0.15) is 0 Å². The summed E-state index contributed by atoms with van der Waals surface area (Å²) < 4.78 is 24.7. The van der Waals surface area contributed by atoms with Gasteiger partial charge in [0.15, 0.2) is 0 Å². The fourth-order valence-corrected chi connectivity index (χ4v) is 2.49. The molecule has 104 valence electrons. The third kappa shape index (κ3) is 5.13. The maximum Gasteiger partial charge on any atom is 0.232 e. The Morgan fingerprint density at radius 2 is 2.00 bits per heavy atom. The summed E-state index contributed by atoms with van der Waals surface area (Å²) in [7, 11) is -3.40. The fraction of sp³-hybridized carbons (Fsp3) is 0.308. The van der Waals surface area contributed by atoms with Crippen LogP contribution in [0.25, 0.3) is 0 Å². The summed E-state index contributed by atoms with van der Waals surface area (Å²) in [6.07, 6.45) is 2.81. The molecule has 5 nitrogen and oxygen atoms in total. The van der Waals surface area contributed by atoms with Crippen LogP contribution in [0.4, 0.5) is 5.69 Å². The lowest BCUT2D eigenvalue weighted by atomic mass is 10.3. The molecular weight excluding hydrogens is 264 g/mol. The number of carbonyl (C=O) groups is 1. The SMILES string of the molecule is C=CCNC(=O)CCN(c1ccccc1)S(C)(=O)=O. The topological polar surface area (TPSA) is 66.5 Å². The molecule has 0 bridgehead atoms. The molecule has 0 atom stereocenters. The molecule has 1 aromatic carbocycles. The van der Waals surface area contributed by atoms with Gasteiger partial charge in [-0.25, -0.2) is 8.42 Å². The highest BCUT2D eigenvalue weighted by molar-refractivity contribution is 7.92. The van der Waals surface area contributed by atoms with Crippen LogP contribution < -0.4 is 9.62 Å². The summed E-state index contributed by atoms with van der Waals surface area (Å²) in [5, 5.41) is 2.61. The second-order valence-corrected chi connectivity index (χ2v) is 5.92. The van der Waals surface area contributed by atoms with E-state index in [0.717, 1.165) is 6.26 Å². The lowest BCUT2D eigenvalue weighted by Crippen LogP contribution is -2.34. The fourth-order valence-electron chi connectivity index (χ4n) is 1.56. The van der Waals surface area contributed by atoms with Gasteiger partial charge in [-0.1, -0.05) is 24.3 Å². The number of benzene rings is 1. The smallest absolute Gasteiger partial charge is 0.232 e. The number of anilines is 1. The normalized spacial score (nSPS) is 10.8. The predicted molar refractivity (Wildman–Crippen MR) is 76.5 cm³/mol. The first-order chi connectivity index (χ1) is 8.95. The van der Waals surface area contributed by atoms with E-state index in [4.69, 9.17) is 0 Å². The van der Waals surface area contributed by atoms with Gasteiger partial charge in [-0.15, -0.1) is 6.58 Å². The first kappa shape index (κ1) is 15.2. The van der Waals surface area contributed by atoms with E-state index in [2.05, 4.69) is 11.9 Å².